The largest absolute Gasteiger partial charge is 0.443 e. The Morgan fingerprint density at radius 1 is 1.25 bits per heavy atom. The number of nitrogens with zero attached hydrogens (tertiary/aromatic N) is 2. The van der Waals surface area contributed by atoms with Crippen LogP contribution in [0.5, 0.6) is 0 Å². The van der Waals surface area contributed by atoms with Gasteiger partial charge in [0, 0.05) is 24.9 Å². The van der Waals surface area contributed by atoms with Crippen molar-refractivity contribution in [3.05, 3.63) is 29.6 Å². The molecule has 0 bridgehead atoms. The highest BCUT2D eigenvalue weighted by molar-refractivity contribution is 7.14. The molecule has 1 heterocycles. The van der Waals surface area contributed by atoms with E-state index in [9.17, 15) is 9.59 Å². The number of carbonyl (C=O) groups excluding carboxylic acids is 2. The normalized spacial score (nSPS) is 11.0. The summed E-state index contributed by atoms with van der Waals surface area (Å²) in [6, 6.07) is 7.40. The fourth-order valence-electron chi connectivity index (χ4n) is 1.96. The highest BCUT2D eigenvalue weighted by Gasteiger charge is 2.22. The number of carbonyl (C=O) groups is 2. The van der Waals surface area contributed by atoms with Crippen LogP contribution >= 0.6 is 11.3 Å². The number of para-hydroxylation sites is 1. The number of aromatic nitrogens is 1. The standard InChI is InChI=1S/C17H21N3O3S/c1-11(21)18-13-9-7-6-8-12(13)14-10-24-15(19-14)20(5)16(22)23-17(2,3)4/h6-10H,1-5H3,(H,18,21). The van der Waals surface area contributed by atoms with Gasteiger partial charge in [0.25, 0.3) is 0 Å². The van der Waals surface area contributed by atoms with Crippen molar-refractivity contribution in [1.82, 2.24) is 4.98 Å². The molecule has 0 saturated carbocycles. The third kappa shape index (κ3) is 4.55. The van der Waals surface area contributed by atoms with Crippen molar-refractivity contribution < 1.29 is 14.3 Å². The van der Waals surface area contributed by atoms with Crippen LogP contribution in [-0.4, -0.2) is 29.6 Å². The van der Waals surface area contributed by atoms with Gasteiger partial charge in [0.15, 0.2) is 5.13 Å². The molecule has 1 N–H and O–H groups in total. The molecule has 0 unspecified atom stereocenters. The summed E-state index contributed by atoms with van der Waals surface area (Å²) in [6.45, 7) is 6.90. The first-order valence-corrected chi connectivity index (χ1v) is 8.34. The van der Waals surface area contributed by atoms with Gasteiger partial charge in [-0.25, -0.2) is 9.78 Å². The number of hydrogen-bond acceptors (Lipinski definition) is 5. The molecular weight excluding hydrogens is 326 g/mol. The fourth-order valence-corrected chi connectivity index (χ4v) is 2.74. The van der Waals surface area contributed by atoms with E-state index >= 15 is 0 Å². The van der Waals surface area contributed by atoms with E-state index in [2.05, 4.69) is 10.3 Å². The Balaban J connectivity index is 2.25. The molecule has 0 aliphatic rings. The van der Waals surface area contributed by atoms with E-state index in [-0.39, 0.29) is 5.91 Å². The van der Waals surface area contributed by atoms with Crippen molar-refractivity contribution in [2.75, 3.05) is 17.3 Å². The number of rotatable bonds is 3. The minimum Gasteiger partial charge on any atom is -0.443 e. The van der Waals surface area contributed by atoms with Crippen molar-refractivity contribution in [3.63, 3.8) is 0 Å². The second kappa shape index (κ2) is 7.00. The molecular formula is C17H21N3O3S. The minimum absolute atomic E-state index is 0.149. The highest BCUT2D eigenvalue weighted by Crippen LogP contribution is 2.32. The van der Waals surface area contributed by atoms with Crippen molar-refractivity contribution in [2.45, 2.75) is 33.3 Å². The lowest BCUT2D eigenvalue weighted by atomic mass is 10.1. The third-order valence-electron chi connectivity index (χ3n) is 2.96. The lowest BCUT2D eigenvalue weighted by Crippen LogP contribution is -2.34. The van der Waals surface area contributed by atoms with Gasteiger partial charge < -0.3 is 10.1 Å². The topological polar surface area (TPSA) is 71.5 Å². The zero-order valence-corrected chi connectivity index (χ0v) is 15.2. The first kappa shape index (κ1) is 17.9. The summed E-state index contributed by atoms with van der Waals surface area (Å²) >= 11 is 1.34. The molecule has 0 spiro atoms. The molecule has 0 radical (unpaired) electrons. The molecule has 6 nitrogen and oxygen atoms in total. The third-order valence-corrected chi connectivity index (χ3v) is 3.88. The van der Waals surface area contributed by atoms with Crippen molar-refractivity contribution in [1.29, 1.82) is 0 Å². The highest BCUT2D eigenvalue weighted by atomic mass is 32.1. The van der Waals surface area contributed by atoms with E-state index in [0.29, 0.717) is 16.5 Å². The molecule has 7 heteroatoms. The summed E-state index contributed by atoms with van der Waals surface area (Å²) in [6.07, 6.45) is -0.460. The number of amides is 2. The molecule has 2 rings (SSSR count). The Morgan fingerprint density at radius 2 is 1.92 bits per heavy atom. The zero-order chi connectivity index (χ0) is 17.9. The molecule has 2 amide bonds. The van der Waals surface area contributed by atoms with Crippen LogP contribution in [-0.2, 0) is 9.53 Å². The maximum absolute atomic E-state index is 12.1. The van der Waals surface area contributed by atoms with E-state index in [1.807, 2.05) is 50.4 Å². The number of anilines is 2. The molecule has 0 atom stereocenters. The summed E-state index contributed by atoms with van der Waals surface area (Å²) < 4.78 is 5.34. The van der Waals surface area contributed by atoms with Crippen LogP contribution in [0.25, 0.3) is 11.3 Å². The number of benzene rings is 1. The Bertz CT molecular complexity index is 750. The van der Waals surface area contributed by atoms with Gasteiger partial charge in [-0.3, -0.25) is 9.69 Å². The molecule has 24 heavy (non-hydrogen) atoms. The Kier molecular flexibility index (Phi) is 5.23. The Labute approximate surface area is 145 Å². The van der Waals surface area contributed by atoms with Crippen LogP contribution in [0.2, 0.25) is 0 Å². The molecule has 1 aromatic heterocycles. The van der Waals surface area contributed by atoms with Crippen LogP contribution < -0.4 is 10.2 Å². The molecule has 0 saturated heterocycles. The van der Waals surface area contributed by atoms with Gasteiger partial charge in [0.05, 0.1) is 11.4 Å². The molecule has 128 valence electrons. The van der Waals surface area contributed by atoms with Crippen molar-refractivity contribution in [2.24, 2.45) is 0 Å². The van der Waals surface area contributed by atoms with Gasteiger partial charge >= 0.3 is 6.09 Å². The van der Waals surface area contributed by atoms with Gasteiger partial charge in [0.1, 0.15) is 5.60 Å². The average molecular weight is 347 g/mol. The Morgan fingerprint density at radius 3 is 2.54 bits per heavy atom. The van der Waals surface area contributed by atoms with Crippen LogP contribution in [0, 0.1) is 0 Å². The minimum atomic E-state index is -0.566. The fraction of sp³-hybridized carbons (Fsp3) is 0.353. The van der Waals surface area contributed by atoms with Crippen LogP contribution in [0.3, 0.4) is 0 Å². The van der Waals surface area contributed by atoms with Gasteiger partial charge in [-0.15, -0.1) is 11.3 Å². The van der Waals surface area contributed by atoms with Gasteiger partial charge in [-0.05, 0) is 26.8 Å². The monoisotopic (exact) mass is 347 g/mol. The molecule has 2 aromatic rings. The Hall–Kier alpha value is -2.41. The quantitative estimate of drug-likeness (QED) is 0.906. The maximum atomic E-state index is 12.1. The van der Waals surface area contributed by atoms with Crippen molar-refractivity contribution >= 4 is 34.2 Å². The summed E-state index contributed by atoms with van der Waals surface area (Å²) in [5.74, 6) is -0.149. The van der Waals surface area contributed by atoms with E-state index in [1.54, 1.807) is 7.05 Å². The second-order valence-electron chi connectivity index (χ2n) is 6.28. The molecule has 0 aliphatic carbocycles. The first-order chi connectivity index (χ1) is 11.2. The summed E-state index contributed by atoms with van der Waals surface area (Å²) in [5, 5.41) is 5.15. The SMILES string of the molecule is CC(=O)Nc1ccccc1-c1csc(N(C)C(=O)OC(C)(C)C)n1. The first-order valence-electron chi connectivity index (χ1n) is 7.46. The molecule has 0 fully saturated rings. The van der Waals surface area contributed by atoms with Crippen LogP contribution in [0.1, 0.15) is 27.7 Å². The van der Waals surface area contributed by atoms with Crippen molar-refractivity contribution in [3.8, 4) is 11.3 Å². The van der Waals surface area contributed by atoms with Gasteiger partial charge in [0.2, 0.25) is 5.91 Å². The number of ether oxygens (including phenoxy) is 1. The second-order valence-corrected chi connectivity index (χ2v) is 7.12. The van der Waals surface area contributed by atoms with Gasteiger partial charge in [-0.1, -0.05) is 18.2 Å². The number of hydrogen-bond donors (Lipinski definition) is 1. The predicted molar refractivity (Wildman–Crippen MR) is 96.5 cm³/mol. The van der Waals surface area contributed by atoms with Crippen LogP contribution in [0.4, 0.5) is 15.6 Å². The summed E-state index contributed by atoms with van der Waals surface area (Å²) in [7, 11) is 1.62. The lowest BCUT2D eigenvalue weighted by Gasteiger charge is -2.23. The van der Waals surface area contributed by atoms with E-state index in [1.165, 1.54) is 23.2 Å². The number of thiazole rings is 1. The average Bonchev–Trinajstić information content (AvgIpc) is 2.94. The van der Waals surface area contributed by atoms with E-state index < -0.39 is 11.7 Å². The summed E-state index contributed by atoms with van der Waals surface area (Å²) in [5.41, 5.74) is 1.60. The predicted octanol–water partition coefficient (Wildman–Crippen LogP) is 4.14. The maximum Gasteiger partial charge on any atom is 0.416 e. The van der Waals surface area contributed by atoms with E-state index in [0.717, 1.165) is 5.56 Å². The van der Waals surface area contributed by atoms with Crippen LogP contribution in [0.15, 0.2) is 29.6 Å². The smallest absolute Gasteiger partial charge is 0.416 e. The number of nitrogens with one attached hydrogen (secondary N) is 1. The van der Waals surface area contributed by atoms with Gasteiger partial charge in [-0.2, -0.15) is 0 Å². The molecule has 0 aliphatic heterocycles. The van der Waals surface area contributed by atoms with E-state index in [4.69, 9.17) is 4.74 Å². The summed E-state index contributed by atoms with van der Waals surface area (Å²) in [4.78, 5) is 29.3. The zero-order valence-electron chi connectivity index (χ0n) is 14.4. The molecule has 1 aromatic carbocycles. The lowest BCUT2D eigenvalue weighted by molar-refractivity contribution is -0.114.